The fourth-order valence-electron chi connectivity index (χ4n) is 3.65. The number of hydrogen-bond acceptors (Lipinski definition) is 5. The summed E-state index contributed by atoms with van der Waals surface area (Å²) in [6.07, 6.45) is 0.0498. The molecule has 0 unspecified atom stereocenters. The topological polar surface area (TPSA) is 96.0 Å². The molecular formula is C22H26ClN3O5S. The van der Waals surface area contributed by atoms with E-state index in [1.807, 2.05) is 0 Å². The Balaban J connectivity index is 1.81. The summed E-state index contributed by atoms with van der Waals surface area (Å²) in [5, 5.41) is 3.30. The van der Waals surface area contributed by atoms with Crippen LogP contribution in [0.1, 0.15) is 20.3 Å². The second-order valence-corrected chi connectivity index (χ2v) is 9.70. The minimum absolute atomic E-state index is 0.0498. The lowest BCUT2D eigenvalue weighted by Gasteiger charge is -2.20. The highest BCUT2D eigenvalue weighted by Gasteiger charge is 2.35. The molecule has 2 aromatic carbocycles. The van der Waals surface area contributed by atoms with Gasteiger partial charge in [-0.2, -0.15) is 4.31 Å². The third kappa shape index (κ3) is 4.90. The van der Waals surface area contributed by atoms with Crippen LogP contribution in [-0.4, -0.2) is 51.3 Å². The van der Waals surface area contributed by atoms with E-state index in [1.165, 1.54) is 29.6 Å². The van der Waals surface area contributed by atoms with Crippen LogP contribution in [0.25, 0.3) is 0 Å². The van der Waals surface area contributed by atoms with Gasteiger partial charge in [0.05, 0.1) is 23.6 Å². The minimum atomic E-state index is -3.71. The molecule has 0 aromatic heterocycles. The number of anilines is 2. The zero-order chi connectivity index (χ0) is 23.5. The van der Waals surface area contributed by atoms with Crippen molar-refractivity contribution >= 4 is 44.8 Å². The number of methoxy groups -OCH3 is 1. The van der Waals surface area contributed by atoms with E-state index in [2.05, 4.69) is 5.32 Å². The Bertz CT molecular complexity index is 1100. The molecule has 32 heavy (non-hydrogen) atoms. The largest absolute Gasteiger partial charge is 0.495 e. The summed E-state index contributed by atoms with van der Waals surface area (Å²) in [6, 6.07) is 11.2. The van der Waals surface area contributed by atoms with Crippen molar-refractivity contribution in [1.29, 1.82) is 0 Å². The number of rotatable bonds is 8. The minimum Gasteiger partial charge on any atom is -0.495 e. The van der Waals surface area contributed by atoms with Gasteiger partial charge in [-0.3, -0.25) is 9.59 Å². The summed E-state index contributed by atoms with van der Waals surface area (Å²) in [6.45, 7) is 4.40. The van der Waals surface area contributed by atoms with Crippen molar-refractivity contribution in [3.05, 3.63) is 47.5 Å². The molecule has 1 aliphatic rings. The van der Waals surface area contributed by atoms with E-state index in [1.54, 1.807) is 43.0 Å². The summed E-state index contributed by atoms with van der Waals surface area (Å²) in [5.74, 6) is -0.815. The molecular weight excluding hydrogens is 454 g/mol. The van der Waals surface area contributed by atoms with Crippen LogP contribution in [0.2, 0.25) is 5.02 Å². The van der Waals surface area contributed by atoms with Crippen molar-refractivity contribution in [2.75, 3.05) is 37.0 Å². The van der Waals surface area contributed by atoms with Gasteiger partial charge in [-0.25, -0.2) is 8.42 Å². The predicted molar refractivity (Wildman–Crippen MR) is 124 cm³/mol. The van der Waals surface area contributed by atoms with Gasteiger partial charge in [-0.1, -0.05) is 25.4 Å². The Kier molecular flexibility index (Phi) is 7.43. The monoisotopic (exact) mass is 479 g/mol. The quantitative estimate of drug-likeness (QED) is 0.626. The van der Waals surface area contributed by atoms with E-state index in [9.17, 15) is 18.0 Å². The molecule has 1 fully saturated rings. The van der Waals surface area contributed by atoms with E-state index < -0.39 is 15.9 Å². The first-order valence-corrected chi connectivity index (χ1v) is 12.1. The van der Waals surface area contributed by atoms with Gasteiger partial charge in [0.2, 0.25) is 21.8 Å². The number of halogens is 1. The van der Waals surface area contributed by atoms with E-state index in [0.29, 0.717) is 29.5 Å². The van der Waals surface area contributed by atoms with Crippen LogP contribution < -0.4 is 15.0 Å². The van der Waals surface area contributed by atoms with Crippen LogP contribution in [0.3, 0.4) is 0 Å². The zero-order valence-corrected chi connectivity index (χ0v) is 19.7. The molecule has 1 aliphatic heterocycles. The Hall–Kier alpha value is -2.62. The van der Waals surface area contributed by atoms with Gasteiger partial charge in [0.15, 0.2) is 0 Å². The molecule has 10 heteroatoms. The Morgan fingerprint density at radius 3 is 2.44 bits per heavy atom. The van der Waals surface area contributed by atoms with Crippen LogP contribution >= 0.6 is 11.6 Å². The highest BCUT2D eigenvalue weighted by Crippen LogP contribution is 2.31. The number of benzene rings is 2. The van der Waals surface area contributed by atoms with Gasteiger partial charge in [0.1, 0.15) is 5.75 Å². The molecule has 8 nitrogen and oxygen atoms in total. The van der Waals surface area contributed by atoms with Crippen LogP contribution in [0.4, 0.5) is 11.4 Å². The smallest absolute Gasteiger partial charge is 0.243 e. The van der Waals surface area contributed by atoms with Gasteiger partial charge in [-0.05, 0) is 42.5 Å². The van der Waals surface area contributed by atoms with Gasteiger partial charge in [0, 0.05) is 36.8 Å². The summed E-state index contributed by atoms with van der Waals surface area (Å²) in [5.41, 5.74) is 0.905. The maximum absolute atomic E-state index is 12.9. The summed E-state index contributed by atoms with van der Waals surface area (Å²) >= 11 is 5.91. The molecule has 1 N–H and O–H groups in total. The molecule has 0 radical (unpaired) electrons. The lowest BCUT2D eigenvalue weighted by Crippen LogP contribution is -2.31. The maximum atomic E-state index is 12.9. The van der Waals surface area contributed by atoms with Crippen LogP contribution in [0.15, 0.2) is 47.4 Å². The molecule has 2 amide bonds. The second-order valence-electron chi connectivity index (χ2n) is 7.32. The first kappa shape index (κ1) is 24.0. The molecule has 3 rings (SSSR count). The fraction of sp³-hybridized carbons (Fsp3) is 0.364. The van der Waals surface area contributed by atoms with Crippen molar-refractivity contribution in [2.45, 2.75) is 25.2 Å². The molecule has 0 bridgehead atoms. The highest BCUT2D eigenvalue weighted by molar-refractivity contribution is 7.89. The van der Waals surface area contributed by atoms with E-state index in [0.717, 1.165) is 0 Å². The molecule has 0 aliphatic carbocycles. The average molecular weight is 480 g/mol. The Labute approximate surface area is 193 Å². The number of hydrogen-bond donors (Lipinski definition) is 1. The lowest BCUT2D eigenvalue weighted by molar-refractivity contribution is -0.122. The van der Waals surface area contributed by atoms with Crippen molar-refractivity contribution in [3.63, 3.8) is 0 Å². The second kappa shape index (κ2) is 9.89. The number of nitrogens with zero attached hydrogens (tertiary/aromatic N) is 2. The molecule has 1 atom stereocenters. The summed E-state index contributed by atoms with van der Waals surface area (Å²) in [4.78, 5) is 27.0. The number of carbonyl (C=O) groups excluding carboxylic acids is 2. The summed E-state index contributed by atoms with van der Waals surface area (Å²) < 4.78 is 32.4. The number of sulfonamides is 1. The molecule has 2 aromatic rings. The Morgan fingerprint density at radius 1 is 1.19 bits per heavy atom. The van der Waals surface area contributed by atoms with E-state index in [4.69, 9.17) is 16.3 Å². The molecule has 1 saturated heterocycles. The van der Waals surface area contributed by atoms with Crippen LogP contribution in [-0.2, 0) is 19.6 Å². The average Bonchev–Trinajstić information content (AvgIpc) is 3.16. The van der Waals surface area contributed by atoms with Crippen molar-refractivity contribution < 1.29 is 22.7 Å². The van der Waals surface area contributed by atoms with Gasteiger partial charge in [-0.15, -0.1) is 0 Å². The van der Waals surface area contributed by atoms with E-state index in [-0.39, 0.29) is 35.4 Å². The number of nitrogens with one attached hydrogen (secondary N) is 1. The number of carbonyl (C=O) groups is 2. The SMILES string of the molecule is CCN(CC)S(=O)(=O)c1ccc(OC)c(NC(=O)[C@@H]2CC(=O)N(c3ccc(Cl)cc3)C2)c1. The third-order valence-electron chi connectivity index (χ3n) is 5.41. The molecule has 1 heterocycles. The van der Waals surface area contributed by atoms with Gasteiger partial charge >= 0.3 is 0 Å². The van der Waals surface area contributed by atoms with Gasteiger partial charge < -0.3 is 15.0 Å². The predicted octanol–water partition coefficient (Wildman–Crippen LogP) is 3.37. The van der Waals surface area contributed by atoms with Crippen molar-refractivity contribution in [2.24, 2.45) is 5.92 Å². The standard InChI is InChI=1S/C22H26ClN3O5S/c1-4-25(5-2)32(29,30)18-10-11-20(31-3)19(13-18)24-22(28)15-12-21(27)26(14-15)17-8-6-16(23)7-9-17/h6-11,13,15H,4-5,12,14H2,1-3H3,(H,24,28)/t15-/m1/s1. The van der Waals surface area contributed by atoms with Crippen LogP contribution in [0.5, 0.6) is 5.75 Å². The Morgan fingerprint density at radius 2 is 1.84 bits per heavy atom. The molecule has 172 valence electrons. The molecule has 0 saturated carbocycles. The van der Waals surface area contributed by atoms with E-state index >= 15 is 0 Å². The lowest BCUT2D eigenvalue weighted by atomic mass is 10.1. The number of ether oxygens (including phenoxy) is 1. The van der Waals surface area contributed by atoms with Crippen molar-refractivity contribution in [1.82, 2.24) is 4.31 Å². The summed E-state index contributed by atoms with van der Waals surface area (Å²) in [7, 11) is -2.27. The van der Waals surface area contributed by atoms with Gasteiger partial charge in [0.25, 0.3) is 0 Å². The zero-order valence-electron chi connectivity index (χ0n) is 18.2. The first-order valence-electron chi connectivity index (χ1n) is 10.3. The first-order chi connectivity index (χ1) is 15.2. The highest BCUT2D eigenvalue weighted by atomic mass is 35.5. The third-order valence-corrected chi connectivity index (χ3v) is 7.70. The fourth-order valence-corrected chi connectivity index (χ4v) is 5.26. The van der Waals surface area contributed by atoms with Crippen molar-refractivity contribution in [3.8, 4) is 5.75 Å². The number of amides is 2. The normalized spacial score (nSPS) is 16.5. The van der Waals surface area contributed by atoms with Crippen LogP contribution in [0, 0.1) is 5.92 Å². The molecule has 0 spiro atoms. The maximum Gasteiger partial charge on any atom is 0.243 e.